The molecule has 0 radical (unpaired) electrons. The van der Waals surface area contributed by atoms with Crippen LogP contribution in [0.4, 0.5) is 10.9 Å². The van der Waals surface area contributed by atoms with Crippen LogP contribution in [-0.4, -0.2) is 30.5 Å². The Morgan fingerprint density at radius 3 is 2.83 bits per heavy atom. The zero-order valence-corrected chi connectivity index (χ0v) is 13.7. The molecule has 0 fully saturated rings. The van der Waals surface area contributed by atoms with Gasteiger partial charge in [0.2, 0.25) is 5.91 Å². The maximum atomic E-state index is 12.0. The molecule has 1 aromatic carbocycles. The molecule has 0 saturated carbocycles. The molecule has 1 unspecified atom stereocenters. The van der Waals surface area contributed by atoms with Crippen LogP contribution in [0.2, 0.25) is 0 Å². The van der Waals surface area contributed by atoms with E-state index >= 15 is 0 Å². The number of carbonyl (C=O) groups is 2. The fourth-order valence-corrected chi connectivity index (χ4v) is 3.70. The van der Waals surface area contributed by atoms with E-state index in [1.807, 2.05) is 19.1 Å². The van der Waals surface area contributed by atoms with Crippen LogP contribution in [0.25, 0.3) is 0 Å². The third-order valence-corrected chi connectivity index (χ3v) is 4.81. The van der Waals surface area contributed by atoms with Crippen LogP contribution in [0.5, 0.6) is 0 Å². The first-order chi connectivity index (χ1) is 11.1. The molecule has 2 aromatic rings. The number of benzene rings is 1. The highest BCUT2D eigenvalue weighted by Crippen LogP contribution is 2.42. The highest BCUT2D eigenvalue weighted by molar-refractivity contribution is 7.16. The zero-order chi connectivity index (χ0) is 16.4. The number of methoxy groups -OCH3 is 1. The third-order valence-electron chi connectivity index (χ3n) is 3.68. The lowest BCUT2D eigenvalue weighted by Gasteiger charge is -2.21. The molecule has 1 amide bonds. The summed E-state index contributed by atoms with van der Waals surface area (Å²) in [5.74, 6) is 0.165. The average Bonchev–Trinajstić information content (AvgIpc) is 2.96. The van der Waals surface area contributed by atoms with Gasteiger partial charge in [0, 0.05) is 18.9 Å². The number of hydrogen-bond donors (Lipinski definition) is 2. The summed E-state index contributed by atoms with van der Waals surface area (Å²) in [4.78, 5) is 28.9. The smallest absolute Gasteiger partial charge is 0.337 e. The normalized spacial score (nSPS) is 16.4. The molecular weight excluding hydrogens is 314 g/mol. The Bertz CT molecular complexity index is 740. The van der Waals surface area contributed by atoms with Gasteiger partial charge in [0.1, 0.15) is 5.82 Å². The third kappa shape index (κ3) is 3.05. The van der Waals surface area contributed by atoms with E-state index in [0.29, 0.717) is 17.8 Å². The molecule has 1 aliphatic rings. The van der Waals surface area contributed by atoms with E-state index in [9.17, 15) is 9.59 Å². The summed E-state index contributed by atoms with van der Waals surface area (Å²) in [5, 5.41) is 6.80. The van der Waals surface area contributed by atoms with E-state index in [-0.39, 0.29) is 17.8 Å². The number of thiazole rings is 1. The van der Waals surface area contributed by atoms with Crippen LogP contribution in [-0.2, 0) is 9.53 Å². The minimum atomic E-state index is -0.370. The van der Waals surface area contributed by atoms with Crippen molar-refractivity contribution in [3.05, 3.63) is 40.3 Å². The first-order valence-electron chi connectivity index (χ1n) is 7.35. The molecule has 1 aromatic heterocycles. The van der Waals surface area contributed by atoms with Crippen LogP contribution < -0.4 is 10.6 Å². The molecule has 0 spiro atoms. The molecule has 3 rings (SSSR count). The Kier molecular flexibility index (Phi) is 4.29. The molecule has 0 saturated heterocycles. The highest BCUT2D eigenvalue weighted by atomic mass is 32.1. The van der Waals surface area contributed by atoms with Gasteiger partial charge in [-0.05, 0) is 24.6 Å². The summed E-state index contributed by atoms with van der Waals surface area (Å²) in [6.45, 7) is 2.78. The molecule has 120 valence electrons. The molecule has 2 heterocycles. The minimum absolute atomic E-state index is 0.0460. The van der Waals surface area contributed by atoms with E-state index in [1.165, 1.54) is 7.11 Å². The Morgan fingerprint density at radius 2 is 2.17 bits per heavy atom. The lowest BCUT2D eigenvalue weighted by molar-refractivity contribution is -0.116. The van der Waals surface area contributed by atoms with Crippen molar-refractivity contribution in [3.8, 4) is 0 Å². The summed E-state index contributed by atoms with van der Waals surface area (Å²) >= 11 is 1.55. The molecule has 6 nitrogen and oxygen atoms in total. The predicted molar refractivity (Wildman–Crippen MR) is 89.1 cm³/mol. The molecule has 23 heavy (non-hydrogen) atoms. The molecule has 2 N–H and O–H groups in total. The summed E-state index contributed by atoms with van der Waals surface area (Å²) in [6, 6.07) is 7.18. The number of aromatic nitrogens is 1. The van der Waals surface area contributed by atoms with Crippen molar-refractivity contribution < 1.29 is 14.3 Å². The van der Waals surface area contributed by atoms with Crippen LogP contribution in [0, 0.1) is 0 Å². The largest absolute Gasteiger partial charge is 0.465 e. The van der Waals surface area contributed by atoms with Gasteiger partial charge in [-0.1, -0.05) is 23.5 Å². The van der Waals surface area contributed by atoms with Crippen molar-refractivity contribution in [1.29, 1.82) is 0 Å². The SMILES string of the molecule is CCNc1nc2c(s1)C(c1ccc(C(=O)OC)cc1)CC(=O)N2. The van der Waals surface area contributed by atoms with Crippen molar-refractivity contribution >= 4 is 34.2 Å². The van der Waals surface area contributed by atoms with E-state index in [1.54, 1.807) is 23.5 Å². The molecule has 1 aliphatic heterocycles. The van der Waals surface area contributed by atoms with E-state index < -0.39 is 0 Å². The highest BCUT2D eigenvalue weighted by Gasteiger charge is 2.30. The Hall–Kier alpha value is -2.41. The van der Waals surface area contributed by atoms with Crippen molar-refractivity contribution in [2.75, 3.05) is 24.3 Å². The molecule has 0 bridgehead atoms. The maximum absolute atomic E-state index is 12.0. The lowest BCUT2D eigenvalue weighted by atomic mass is 9.91. The van der Waals surface area contributed by atoms with Crippen LogP contribution >= 0.6 is 11.3 Å². The van der Waals surface area contributed by atoms with Gasteiger partial charge in [-0.25, -0.2) is 9.78 Å². The molecule has 1 atom stereocenters. The zero-order valence-electron chi connectivity index (χ0n) is 12.9. The second kappa shape index (κ2) is 6.37. The number of esters is 1. The van der Waals surface area contributed by atoms with Gasteiger partial charge in [0.15, 0.2) is 5.13 Å². The van der Waals surface area contributed by atoms with Crippen molar-refractivity contribution in [2.45, 2.75) is 19.3 Å². The minimum Gasteiger partial charge on any atom is -0.465 e. The van der Waals surface area contributed by atoms with Gasteiger partial charge in [-0.15, -0.1) is 0 Å². The number of rotatable bonds is 4. The van der Waals surface area contributed by atoms with Crippen molar-refractivity contribution in [2.24, 2.45) is 0 Å². The Labute approximate surface area is 137 Å². The molecular formula is C16H17N3O3S. The quantitative estimate of drug-likeness (QED) is 0.842. The number of fused-ring (bicyclic) bond motifs is 1. The number of anilines is 2. The topological polar surface area (TPSA) is 80.3 Å². The van der Waals surface area contributed by atoms with Gasteiger partial charge >= 0.3 is 5.97 Å². The van der Waals surface area contributed by atoms with Gasteiger partial charge in [0.25, 0.3) is 0 Å². The monoisotopic (exact) mass is 331 g/mol. The second-order valence-corrected chi connectivity index (χ2v) is 6.21. The van der Waals surface area contributed by atoms with Crippen molar-refractivity contribution in [3.63, 3.8) is 0 Å². The average molecular weight is 331 g/mol. The number of amides is 1. The maximum Gasteiger partial charge on any atom is 0.337 e. The number of carbonyl (C=O) groups excluding carboxylic acids is 2. The second-order valence-electron chi connectivity index (χ2n) is 5.18. The van der Waals surface area contributed by atoms with E-state index in [2.05, 4.69) is 15.6 Å². The predicted octanol–water partition coefficient (Wildman–Crippen LogP) is 2.84. The first-order valence-corrected chi connectivity index (χ1v) is 8.16. The van der Waals surface area contributed by atoms with E-state index in [0.717, 1.165) is 22.1 Å². The van der Waals surface area contributed by atoms with Crippen LogP contribution in [0.1, 0.15) is 40.1 Å². The number of nitrogens with zero attached hydrogens (tertiary/aromatic N) is 1. The first kappa shape index (κ1) is 15.5. The lowest BCUT2D eigenvalue weighted by Crippen LogP contribution is -2.22. The summed E-state index contributed by atoms with van der Waals surface area (Å²) in [7, 11) is 1.35. The summed E-state index contributed by atoms with van der Waals surface area (Å²) in [5.41, 5.74) is 1.48. The fourth-order valence-electron chi connectivity index (χ4n) is 2.58. The molecule has 7 heteroatoms. The Morgan fingerprint density at radius 1 is 1.43 bits per heavy atom. The summed E-state index contributed by atoms with van der Waals surface area (Å²) < 4.78 is 4.71. The summed E-state index contributed by atoms with van der Waals surface area (Å²) in [6.07, 6.45) is 0.373. The van der Waals surface area contributed by atoms with Gasteiger partial charge in [0.05, 0.1) is 17.6 Å². The van der Waals surface area contributed by atoms with Gasteiger partial charge in [-0.2, -0.15) is 0 Å². The Balaban J connectivity index is 1.94. The fraction of sp³-hybridized carbons (Fsp3) is 0.312. The molecule has 0 aliphatic carbocycles. The number of ether oxygens (including phenoxy) is 1. The van der Waals surface area contributed by atoms with Gasteiger partial charge in [-0.3, -0.25) is 4.79 Å². The number of nitrogens with one attached hydrogen (secondary N) is 2. The standard InChI is InChI=1S/C16H17N3O3S/c1-3-17-16-19-14-13(23-16)11(8-12(20)18-14)9-4-6-10(7-5-9)15(21)22-2/h4-7,11H,3,8H2,1-2H3,(H,17,19)(H,18,20). The number of hydrogen-bond acceptors (Lipinski definition) is 6. The van der Waals surface area contributed by atoms with Crippen LogP contribution in [0.15, 0.2) is 24.3 Å². The van der Waals surface area contributed by atoms with Gasteiger partial charge < -0.3 is 15.4 Å². The van der Waals surface area contributed by atoms with Crippen LogP contribution in [0.3, 0.4) is 0 Å². The van der Waals surface area contributed by atoms with E-state index in [4.69, 9.17) is 4.74 Å². The van der Waals surface area contributed by atoms with Crippen molar-refractivity contribution in [1.82, 2.24) is 4.98 Å².